The second-order valence-corrected chi connectivity index (χ2v) is 8.83. The molecule has 1 amide bonds. The lowest BCUT2D eigenvalue weighted by atomic mass is 10.1. The second kappa shape index (κ2) is 8.29. The molecule has 2 aromatic heterocycles. The van der Waals surface area contributed by atoms with Crippen molar-refractivity contribution in [1.29, 1.82) is 0 Å². The molecule has 9 nitrogen and oxygen atoms in total. The summed E-state index contributed by atoms with van der Waals surface area (Å²) in [5, 5.41) is 0. The highest BCUT2D eigenvalue weighted by Crippen LogP contribution is 2.23. The van der Waals surface area contributed by atoms with Crippen LogP contribution in [0.3, 0.4) is 0 Å². The molecular weight excluding hydrogens is 408 g/mol. The van der Waals surface area contributed by atoms with Gasteiger partial charge in [-0.15, -0.1) is 0 Å². The third-order valence-electron chi connectivity index (χ3n) is 6.16. The molecule has 0 spiro atoms. The van der Waals surface area contributed by atoms with Gasteiger partial charge in [0, 0.05) is 46.2 Å². The quantitative estimate of drug-likeness (QED) is 0.609. The number of anilines is 1. The smallest absolute Gasteiger partial charge is 0.332 e. The standard InChI is InChI=1S/C23H30N6O3/c1-15(2)20(30)27-10-12-28(13-11-27)22-24-19-18(21(31)26(5)23(32)25(19)4)29(22)14-17-8-6-16(3)7-9-17/h6-9,15H,10-14H2,1-5H3. The van der Waals surface area contributed by atoms with E-state index in [0.717, 1.165) is 15.7 Å². The molecule has 0 bridgehead atoms. The topological polar surface area (TPSA) is 85.4 Å². The summed E-state index contributed by atoms with van der Waals surface area (Å²) in [6, 6.07) is 8.16. The minimum Gasteiger partial charge on any atom is -0.339 e. The molecule has 1 aliphatic heterocycles. The molecule has 0 N–H and O–H groups in total. The van der Waals surface area contributed by atoms with E-state index in [4.69, 9.17) is 4.98 Å². The van der Waals surface area contributed by atoms with Crippen molar-refractivity contribution in [3.05, 3.63) is 56.2 Å². The summed E-state index contributed by atoms with van der Waals surface area (Å²) in [6.07, 6.45) is 0. The van der Waals surface area contributed by atoms with E-state index in [1.54, 1.807) is 7.05 Å². The predicted molar refractivity (Wildman–Crippen MR) is 124 cm³/mol. The first-order valence-corrected chi connectivity index (χ1v) is 10.9. The number of nitrogens with zero attached hydrogens (tertiary/aromatic N) is 6. The molecule has 0 aliphatic carbocycles. The van der Waals surface area contributed by atoms with Crippen molar-refractivity contribution in [1.82, 2.24) is 23.6 Å². The molecule has 9 heteroatoms. The molecule has 0 atom stereocenters. The van der Waals surface area contributed by atoms with Gasteiger partial charge in [0.15, 0.2) is 11.2 Å². The number of carbonyl (C=O) groups excluding carboxylic acids is 1. The minimum absolute atomic E-state index is 0.0368. The molecule has 0 unspecified atom stereocenters. The first kappa shape index (κ1) is 21.9. The van der Waals surface area contributed by atoms with E-state index in [0.29, 0.717) is 49.8 Å². The fourth-order valence-corrected chi connectivity index (χ4v) is 4.19. The van der Waals surface area contributed by atoms with E-state index < -0.39 is 5.69 Å². The summed E-state index contributed by atoms with van der Waals surface area (Å²) >= 11 is 0. The maximum Gasteiger partial charge on any atom is 0.332 e. The molecule has 0 radical (unpaired) electrons. The molecule has 4 rings (SSSR count). The van der Waals surface area contributed by atoms with Crippen molar-refractivity contribution in [2.24, 2.45) is 20.0 Å². The first-order chi connectivity index (χ1) is 15.2. The number of aryl methyl sites for hydroxylation is 2. The Morgan fingerprint density at radius 3 is 2.22 bits per heavy atom. The van der Waals surface area contributed by atoms with Crippen LogP contribution in [0, 0.1) is 12.8 Å². The zero-order valence-corrected chi connectivity index (χ0v) is 19.3. The van der Waals surface area contributed by atoms with E-state index in [1.807, 2.05) is 54.5 Å². The van der Waals surface area contributed by atoms with Gasteiger partial charge in [-0.2, -0.15) is 4.98 Å². The van der Waals surface area contributed by atoms with E-state index >= 15 is 0 Å². The van der Waals surface area contributed by atoms with Crippen LogP contribution < -0.4 is 16.1 Å². The van der Waals surface area contributed by atoms with Gasteiger partial charge >= 0.3 is 5.69 Å². The van der Waals surface area contributed by atoms with Crippen molar-refractivity contribution in [3.8, 4) is 0 Å². The molecule has 1 aromatic carbocycles. The van der Waals surface area contributed by atoms with Crippen molar-refractivity contribution < 1.29 is 4.79 Å². The Bertz CT molecular complexity index is 1270. The lowest BCUT2D eigenvalue weighted by Gasteiger charge is -2.36. The van der Waals surface area contributed by atoms with Crippen LogP contribution >= 0.6 is 0 Å². The van der Waals surface area contributed by atoms with E-state index in [1.165, 1.54) is 11.6 Å². The number of carbonyl (C=O) groups is 1. The second-order valence-electron chi connectivity index (χ2n) is 8.83. The molecule has 1 aliphatic rings. The minimum atomic E-state index is -0.401. The molecule has 3 aromatic rings. The highest BCUT2D eigenvalue weighted by Gasteiger charge is 2.28. The predicted octanol–water partition coefficient (Wildman–Crippen LogP) is 1.10. The van der Waals surface area contributed by atoms with Crippen LogP contribution in [0.15, 0.2) is 33.9 Å². The molecule has 0 saturated carbocycles. The Balaban J connectivity index is 1.80. The molecule has 1 saturated heterocycles. The number of benzene rings is 1. The Labute approximate surface area is 186 Å². The summed E-state index contributed by atoms with van der Waals surface area (Å²) in [5.74, 6) is 0.759. The van der Waals surface area contributed by atoms with Crippen molar-refractivity contribution in [2.45, 2.75) is 27.3 Å². The molecule has 170 valence electrons. The number of rotatable bonds is 4. The molecule has 1 fully saturated rings. The van der Waals surface area contributed by atoms with Crippen molar-refractivity contribution >= 4 is 23.0 Å². The van der Waals surface area contributed by atoms with Crippen molar-refractivity contribution in [2.75, 3.05) is 31.1 Å². The molecule has 32 heavy (non-hydrogen) atoms. The summed E-state index contributed by atoms with van der Waals surface area (Å²) in [6.45, 7) is 8.74. The highest BCUT2D eigenvalue weighted by molar-refractivity contribution is 5.78. The van der Waals surface area contributed by atoms with Gasteiger partial charge < -0.3 is 9.80 Å². The zero-order chi connectivity index (χ0) is 23.2. The zero-order valence-electron chi connectivity index (χ0n) is 19.3. The Morgan fingerprint density at radius 2 is 1.62 bits per heavy atom. The molecule has 3 heterocycles. The van der Waals surface area contributed by atoms with Crippen LogP contribution in [-0.2, 0) is 25.4 Å². The number of imidazole rings is 1. The van der Waals surface area contributed by atoms with Crippen LogP contribution in [0.25, 0.3) is 11.2 Å². The maximum absolute atomic E-state index is 13.1. The normalized spacial score (nSPS) is 14.6. The van der Waals surface area contributed by atoms with Gasteiger partial charge in [-0.05, 0) is 12.5 Å². The van der Waals surface area contributed by atoms with Crippen molar-refractivity contribution in [3.63, 3.8) is 0 Å². The van der Waals surface area contributed by atoms with E-state index in [2.05, 4.69) is 4.90 Å². The number of piperazine rings is 1. The van der Waals surface area contributed by atoms with Gasteiger partial charge in [0.2, 0.25) is 11.9 Å². The molecular formula is C23H30N6O3. The van der Waals surface area contributed by atoms with Crippen LogP contribution in [0.1, 0.15) is 25.0 Å². The average molecular weight is 439 g/mol. The van der Waals surface area contributed by atoms with Gasteiger partial charge in [0.05, 0.1) is 6.54 Å². The third kappa shape index (κ3) is 3.72. The van der Waals surface area contributed by atoms with Crippen LogP contribution in [0.4, 0.5) is 5.95 Å². The number of fused-ring (bicyclic) bond motifs is 1. The van der Waals surface area contributed by atoms with Gasteiger partial charge in [-0.3, -0.25) is 23.3 Å². The van der Waals surface area contributed by atoms with Crippen LogP contribution in [0.5, 0.6) is 0 Å². The average Bonchev–Trinajstić information content (AvgIpc) is 3.16. The largest absolute Gasteiger partial charge is 0.339 e. The summed E-state index contributed by atoms with van der Waals surface area (Å²) < 4.78 is 4.45. The van der Waals surface area contributed by atoms with E-state index in [-0.39, 0.29) is 17.4 Å². The third-order valence-corrected chi connectivity index (χ3v) is 6.16. The van der Waals surface area contributed by atoms with Gasteiger partial charge in [-0.1, -0.05) is 43.7 Å². The SMILES string of the molecule is Cc1ccc(Cn2c(N3CCN(C(=O)C(C)C)CC3)nc3c2c(=O)n(C)c(=O)n3C)cc1. The van der Waals surface area contributed by atoms with Crippen LogP contribution in [0.2, 0.25) is 0 Å². The Morgan fingerprint density at radius 1 is 1.00 bits per heavy atom. The summed E-state index contributed by atoms with van der Waals surface area (Å²) in [7, 11) is 3.12. The van der Waals surface area contributed by atoms with Gasteiger partial charge in [0.25, 0.3) is 5.56 Å². The Kier molecular flexibility index (Phi) is 5.66. The highest BCUT2D eigenvalue weighted by atomic mass is 16.2. The van der Waals surface area contributed by atoms with E-state index in [9.17, 15) is 14.4 Å². The summed E-state index contributed by atoms with van der Waals surface area (Å²) in [5.41, 5.74) is 2.23. The number of aromatic nitrogens is 4. The maximum atomic E-state index is 13.1. The van der Waals surface area contributed by atoms with Crippen LogP contribution in [-0.4, -0.2) is 55.7 Å². The first-order valence-electron chi connectivity index (χ1n) is 10.9. The fourth-order valence-electron chi connectivity index (χ4n) is 4.19. The Hall–Kier alpha value is -3.36. The van der Waals surface area contributed by atoms with Gasteiger partial charge in [0.1, 0.15) is 0 Å². The monoisotopic (exact) mass is 438 g/mol. The number of amides is 1. The number of hydrogen-bond acceptors (Lipinski definition) is 5. The lowest BCUT2D eigenvalue weighted by molar-refractivity contribution is -0.134. The fraction of sp³-hybridized carbons (Fsp3) is 0.478. The summed E-state index contributed by atoms with van der Waals surface area (Å²) in [4.78, 5) is 46.7. The lowest BCUT2D eigenvalue weighted by Crippen LogP contribution is -2.50. The number of hydrogen-bond donors (Lipinski definition) is 0. The van der Waals surface area contributed by atoms with Gasteiger partial charge in [-0.25, -0.2) is 4.79 Å².